The molecule has 3 aliphatic rings. The van der Waals surface area contributed by atoms with Crippen molar-refractivity contribution in [2.75, 3.05) is 33.4 Å². The molecule has 0 bridgehead atoms. The van der Waals surface area contributed by atoms with E-state index in [1.807, 2.05) is 38.1 Å². The number of methoxy groups -OCH3 is 1. The lowest BCUT2D eigenvalue weighted by Gasteiger charge is -2.38. The van der Waals surface area contributed by atoms with Crippen molar-refractivity contribution in [3.63, 3.8) is 0 Å². The molecule has 0 saturated carbocycles. The van der Waals surface area contributed by atoms with Crippen molar-refractivity contribution < 1.29 is 72.1 Å². The van der Waals surface area contributed by atoms with E-state index in [0.29, 0.717) is 30.3 Å². The zero-order chi connectivity index (χ0) is 63.9. The van der Waals surface area contributed by atoms with Crippen LogP contribution >= 0.6 is 30.5 Å². The second kappa shape index (κ2) is 28.2. The number of aryl methyl sites for hydroxylation is 2. The Hall–Kier alpha value is -7.74. The number of aromatic nitrogens is 2. The van der Waals surface area contributed by atoms with Gasteiger partial charge in [-0.2, -0.15) is 0 Å². The van der Waals surface area contributed by atoms with Crippen LogP contribution in [0.3, 0.4) is 0 Å². The zero-order valence-electron chi connectivity index (χ0n) is 49.6. The van der Waals surface area contributed by atoms with Crippen LogP contribution in [0.4, 0.5) is 4.79 Å². The first-order chi connectivity index (χ1) is 41.6. The molecule has 3 fully saturated rings. The summed E-state index contributed by atoms with van der Waals surface area (Å²) in [5.41, 5.74) is 8.52. The number of nitrogens with zero attached hydrogens (tertiary/aromatic N) is 4. The van der Waals surface area contributed by atoms with Crippen molar-refractivity contribution in [2.24, 2.45) is 11.1 Å². The lowest BCUT2D eigenvalue weighted by Crippen LogP contribution is -2.61. The van der Waals surface area contributed by atoms with Crippen LogP contribution < -0.4 is 31.7 Å². The van der Waals surface area contributed by atoms with Gasteiger partial charge < -0.3 is 71.1 Å². The number of H-pyrrole nitrogens is 1. The predicted octanol–water partition coefficient (Wildman–Crippen LogP) is 5.02. The van der Waals surface area contributed by atoms with Crippen molar-refractivity contribution in [3.05, 3.63) is 105 Å². The summed E-state index contributed by atoms with van der Waals surface area (Å²) in [6, 6.07) is 11.7. The highest BCUT2D eigenvalue weighted by atomic mass is 35.5. The average Bonchev–Trinajstić information content (AvgIpc) is 3.27. The number of thiazole rings is 1. The highest BCUT2D eigenvalue weighted by Gasteiger charge is 2.47. The van der Waals surface area contributed by atoms with Crippen LogP contribution in [0.2, 0.25) is 5.02 Å². The average molecular weight is 1270 g/mol. The van der Waals surface area contributed by atoms with Crippen molar-refractivity contribution in [1.29, 1.82) is 0 Å². The maximum atomic E-state index is 14.7. The number of likely N-dealkylation sites (tertiary alicyclic amines) is 1. The van der Waals surface area contributed by atoms with E-state index in [2.05, 4.69) is 31.2 Å². The summed E-state index contributed by atoms with van der Waals surface area (Å²) in [6.07, 6.45) is -0.351. The SMILES string of the molecule is COC(=O)N1CC[C@H]2CC[C@@H](C(=O)N[C@@H](CCC(N)=O)COc3cccc(CCCC(=O)N[C@H](C(=O)N4C[C@H](O)C[C@H]4C(=O)N[C@@H](C)c4ccc(-c5scnc5C)cc4)C(C)(C)C)c3Cl)N2C(=O)[C@@H](NC(=O)c2cc3cc(C(=O)P(=O)(O)O)ccc3[nH]2)C1. The number of hydrogen-bond acceptors (Lipinski definition) is 15. The normalized spacial score (nSPS) is 19.8. The molecule has 3 aromatic carbocycles. The van der Waals surface area contributed by atoms with E-state index in [0.717, 1.165) is 21.7 Å². The number of fused-ring (bicyclic) bond motifs is 2. The minimum atomic E-state index is -5.11. The molecule has 25 nitrogen and oxygen atoms in total. The molecular weight excluding hydrogens is 1200 g/mol. The number of amides is 8. The lowest BCUT2D eigenvalue weighted by atomic mass is 9.85. The molecule has 10 N–H and O–H groups in total. The number of aliphatic hydroxyl groups excluding tert-OH is 1. The van der Waals surface area contributed by atoms with E-state index in [1.54, 1.807) is 55.8 Å². The standard InChI is InChI=1S/C60H74ClN10O15PS/c1-32(34-13-15-36(16-14-34)51-33(2)63-31-88-51)64-55(77)46-27-41(72)28-70(46)57(79)52(60(3,4)5)68-49(74)12-8-10-35-9-7-11-47(50(35)61)86-30-39(18-22-48(62)73)65-54(76)45-21-19-40-23-24-69(59(81)85-6)29-44(56(78)71(40)45)67-53(75)43-26-38-25-37(17-20-42(38)66-43)58(80)87(82,83)84/h7,9,11,13-17,20,25-26,31-32,39-41,44-46,52,66,72H,8,10,12,18-19,21-24,27-30H2,1-6H3,(H2,62,73)(H,64,77)(H,65,76)(H,67,75)(H,68,74)(H2,82,83,84)/t32-,39-,40+,41+,44-,45-,46-,52+/m0/s1. The molecule has 0 aliphatic carbocycles. The minimum absolute atomic E-state index is 0.00717. The maximum absolute atomic E-state index is 14.7. The summed E-state index contributed by atoms with van der Waals surface area (Å²) in [4.78, 5) is 153. The van der Waals surface area contributed by atoms with Crippen LogP contribution in [0.15, 0.2) is 72.2 Å². The number of benzene rings is 3. The highest BCUT2D eigenvalue weighted by Crippen LogP contribution is 2.40. The Labute approximate surface area is 516 Å². The smallest absolute Gasteiger partial charge is 0.409 e. The fourth-order valence-electron chi connectivity index (χ4n) is 11.4. The Kier molecular flexibility index (Phi) is 21.2. The summed E-state index contributed by atoms with van der Waals surface area (Å²) in [5.74, 6) is -3.81. The predicted molar refractivity (Wildman–Crippen MR) is 325 cm³/mol. The van der Waals surface area contributed by atoms with Gasteiger partial charge in [0.05, 0.1) is 52.9 Å². The van der Waals surface area contributed by atoms with E-state index in [4.69, 9.17) is 26.8 Å². The number of nitrogens with one attached hydrogen (secondary N) is 5. The second-order valence-electron chi connectivity index (χ2n) is 23.5. The van der Waals surface area contributed by atoms with Gasteiger partial charge in [0.15, 0.2) is 0 Å². The first-order valence-corrected chi connectivity index (χ1v) is 31.7. The van der Waals surface area contributed by atoms with Crippen LogP contribution in [-0.4, -0.2) is 168 Å². The van der Waals surface area contributed by atoms with Crippen LogP contribution in [0.5, 0.6) is 5.75 Å². The molecular formula is C60H74ClN10O15PS. The number of hydrogen-bond donors (Lipinski definition) is 9. The Balaban J connectivity index is 0.875. The third kappa shape index (κ3) is 15.9. The maximum Gasteiger partial charge on any atom is 0.409 e. The van der Waals surface area contributed by atoms with Crippen LogP contribution in [0.25, 0.3) is 21.3 Å². The lowest BCUT2D eigenvalue weighted by molar-refractivity contribution is -0.144. The highest BCUT2D eigenvalue weighted by molar-refractivity contribution is 7.70. The van der Waals surface area contributed by atoms with E-state index in [1.165, 1.54) is 46.1 Å². The first kappa shape index (κ1) is 66.2. The summed E-state index contributed by atoms with van der Waals surface area (Å²) >= 11 is 8.46. The summed E-state index contributed by atoms with van der Waals surface area (Å²) in [7, 11) is -3.93. The molecule has 0 radical (unpaired) electrons. The van der Waals surface area contributed by atoms with Gasteiger partial charge >= 0.3 is 13.7 Å². The number of β-amino-alcohol motifs (C(OH)–C–C–N with tert-alkyl or cyclic N) is 1. The molecule has 88 heavy (non-hydrogen) atoms. The molecule has 5 aromatic rings. The molecule has 0 unspecified atom stereocenters. The van der Waals surface area contributed by atoms with Gasteiger partial charge in [0.1, 0.15) is 42.2 Å². The van der Waals surface area contributed by atoms with Gasteiger partial charge in [-0.25, -0.2) is 9.78 Å². The Morgan fingerprint density at radius 3 is 2.33 bits per heavy atom. The van der Waals surface area contributed by atoms with Crippen LogP contribution in [0, 0.1) is 12.3 Å². The van der Waals surface area contributed by atoms with Gasteiger partial charge in [-0.15, -0.1) is 11.3 Å². The monoisotopic (exact) mass is 1270 g/mol. The van der Waals surface area contributed by atoms with Crippen molar-refractivity contribution in [2.45, 2.75) is 141 Å². The fraction of sp³-hybridized carbons (Fsp3) is 0.467. The molecule has 2 aromatic heterocycles. The summed E-state index contributed by atoms with van der Waals surface area (Å²) in [5, 5.41) is 22.8. The van der Waals surface area contributed by atoms with Crippen LogP contribution in [-0.2, 0) is 44.5 Å². The van der Waals surface area contributed by atoms with E-state index in [9.17, 15) is 62.6 Å². The molecule has 28 heteroatoms. The van der Waals surface area contributed by atoms with Gasteiger partial charge in [-0.05, 0) is 105 Å². The molecule has 5 heterocycles. The molecule has 3 saturated heterocycles. The fourth-order valence-corrected chi connectivity index (χ4v) is 12.9. The number of halogens is 1. The van der Waals surface area contributed by atoms with Crippen molar-refractivity contribution in [3.8, 4) is 16.2 Å². The number of nitrogens with two attached hydrogens (primary N) is 1. The molecule has 8 rings (SSSR count). The number of aliphatic hydroxyl groups is 1. The Morgan fingerprint density at radius 2 is 1.66 bits per heavy atom. The number of carbonyl (C=O) groups excluding carboxylic acids is 9. The Bertz CT molecular complexity index is 3510. The molecule has 8 atom stereocenters. The van der Waals surface area contributed by atoms with E-state index < -0.39 is 114 Å². The minimum Gasteiger partial charge on any atom is -0.490 e. The summed E-state index contributed by atoms with van der Waals surface area (Å²) in [6.45, 7) is 8.68. The Morgan fingerprint density at radius 1 is 0.932 bits per heavy atom. The number of primary amides is 1. The van der Waals surface area contributed by atoms with Crippen molar-refractivity contribution in [1.82, 2.24) is 45.9 Å². The van der Waals surface area contributed by atoms with Crippen molar-refractivity contribution >= 4 is 94.4 Å². The number of aromatic amines is 1. The summed E-state index contributed by atoms with van der Waals surface area (Å²) < 4.78 is 22.8. The largest absolute Gasteiger partial charge is 0.490 e. The van der Waals surface area contributed by atoms with Gasteiger partial charge in [-0.3, -0.25) is 42.9 Å². The van der Waals surface area contributed by atoms with E-state index >= 15 is 0 Å². The zero-order valence-corrected chi connectivity index (χ0v) is 52.0. The first-order valence-electron chi connectivity index (χ1n) is 28.9. The van der Waals surface area contributed by atoms with Gasteiger partial charge in [-0.1, -0.05) is 68.8 Å². The van der Waals surface area contributed by atoms with Crippen LogP contribution in [0.1, 0.15) is 123 Å². The van der Waals surface area contributed by atoms with Gasteiger partial charge in [0, 0.05) is 54.9 Å². The topological polar surface area (TPSA) is 362 Å². The third-order valence-corrected chi connectivity index (χ3v) is 18.3. The molecule has 472 valence electrons. The number of rotatable bonds is 22. The van der Waals surface area contributed by atoms with Gasteiger partial charge in [0.25, 0.3) is 11.4 Å². The number of ether oxygens (including phenoxy) is 2. The molecule has 8 amide bonds. The third-order valence-electron chi connectivity index (χ3n) is 16.1. The quantitative estimate of drug-likeness (QED) is 0.0411. The van der Waals surface area contributed by atoms with E-state index in [-0.39, 0.29) is 92.2 Å². The molecule has 0 spiro atoms. The molecule has 3 aliphatic heterocycles. The van der Waals surface area contributed by atoms with Gasteiger partial charge in [0.2, 0.25) is 35.4 Å². The second-order valence-corrected chi connectivity index (χ2v) is 26.3. The number of carbonyl (C=O) groups is 9.